The summed E-state index contributed by atoms with van der Waals surface area (Å²) in [4.78, 5) is 15.6. The number of aliphatic imine (C=N–C) groups is 1. The highest BCUT2D eigenvalue weighted by Gasteiger charge is 2.49. The quantitative estimate of drug-likeness (QED) is 0.575. The number of hydrogen-bond donors (Lipinski definition) is 2. The fourth-order valence-corrected chi connectivity index (χ4v) is 3.08. The molecule has 2 aliphatic rings. The molecule has 2 fully saturated rings. The summed E-state index contributed by atoms with van der Waals surface area (Å²) in [6.07, 6.45) is 0.891. The Hall–Kier alpha value is -0.710. The zero-order valence-electron chi connectivity index (χ0n) is 7.76. The Morgan fingerprint density at radius 1 is 1.69 bits per heavy atom. The molecule has 0 aromatic carbocycles. The number of rotatable bonds is 0. The first-order valence-electron chi connectivity index (χ1n) is 4.34. The molecule has 5 heteroatoms. The molecule has 0 aliphatic carbocycles. The normalized spacial score (nSPS) is 41.2. The van der Waals surface area contributed by atoms with Gasteiger partial charge in [0.05, 0.1) is 0 Å². The van der Waals surface area contributed by atoms with Gasteiger partial charge >= 0.3 is 0 Å². The van der Waals surface area contributed by atoms with E-state index in [9.17, 15) is 4.79 Å². The summed E-state index contributed by atoms with van der Waals surface area (Å²) in [5, 5.41) is 6.46. The molecule has 2 atom stereocenters. The zero-order chi connectivity index (χ0) is 9.47. The lowest BCUT2D eigenvalue weighted by Crippen LogP contribution is -2.47. The van der Waals surface area contributed by atoms with Crippen LogP contribution in [0.15, 0.2) is 4.99 Å². The third kappa shape index (κ3) is 1.31. The number of nitrogens with zero attached hydrogens (tertiary/aromatic N) is 1. The Kier molecular flexibility index (Phi) is 1.98. The molecular formula is C8H13N3OS. The first-order valence-corrected chi connectivity index (χ1v) is 5.39. The lowest BCUT2D eigenvalue weighted by molar-refractivity contribution is -0.123. The monoisotopic (exact) mass is 199 g/mol. The first kappa shape index (κ1) is 8.87. The van der Waals surface area contributed by atoms with Crippen molar-refractivity contribution in [2.24, 2.45) is 4.99 Å². The van der Waals surface area contributed by atoms with Crippen molar-refractivity contribution in [1.29, 1.82) is 0 Å². The van der Waals surface area contributed by atoms with Crippen molar-refractivity contribution >= 4 is 23.6 Å². The van der Waals surface area contributed by atoms with Crippen molar-refractivity contribution < 1.29 is 4.79 Å². The van der Waals surface area contributed by atoms with Crippen LogP contribution in [0.3, 0.4) is 0 Å². The van der Waals surface area contributed by atoms with Gasteiger partial charge in [0, 0.05) is 18.1 Å². The van der Waals surface area contributed by atoms with E-state index in [2.05, 4.69) is 22.5 Å². The second kappa shape index (κ2) is 2.90. The average Bonchev–Trinajstić information content (AvgIpc) is 2.60. The first-order chi connectivity index (χ1) is 6.16. The maximum absolute atomic E-state index is 11.6. The molecular weight excluding hydrogens is 186 g/mol. The van der Waals surface area contributed by atoms with Gasteiger partial charge in [0.1, 0.15) is 5.54 Å². The molecule has 1 spiro atoms. The topological polar surface area (TPSA) is 53.5 Å². The van der Waals surface area contributed by atoms with Crippen molar-refractivity contribution in [2.45, 2.75) is 24.1 Å². The molecule has 13 heavy (non-hydrogen) atoms. The largest absolute Gasteiger partial charge is 0.341 e. The minimum absolute atomic E-state index is 0.0740. The van der Waals surface area contributed by atoms with Gasteiger partial charge in [-0.15, -0.1) is 0 Å². The lowest BCUT2D eigenvalue weighted by Gasteiger charge is -2.18. The lowest BCUT2D eigenvalue weighted by atomic mass is 9.97. The number of guanidine groups is 1. The Balaban J connectivity index is 2.21. The summed E-state index contributed by atoms with van der Waals surface area (Å²) in [7, 11) is 1.67. The number of nitrogens with one attached hydrogen (secondary N) is 2. The van der Waals surface area contributed by atoms with E-state index < -0.39 is 0 Å². The van der Waals surface area contributed by atoms with Gasteiger partial charge in [0.2, 0.25) is 0 Å². The van der Waals surface area contributed by atoms with Gasteiger partial charge in [0.25, 0.3) is 5.91 Å². The molecule has 0 aromatic heterocycles. The fourth-order valence-electron chi connectivity index (χ4n) is 1.79. The molecule has 0 saturated carbocycles. The summed E-state index contributed by atoms with van der Waals surface area (Å²) in [5.41, 5.74) is -0.376. The number of amides is 1. The van der Waals surface area contributed by atoms with E-state index in [4.69, 9.17) is 0 Å². The Morgan fingerprint density at radius 3 is 2.92 bits per heavy atom. The summed E-state index contributed by atoms with van der Waals surface area (Å²) in [6, 6.07) is 0. The molecule has 0 bridgehead atoms. The second-order valence-electron chi connectivity index (χ2n) is 3.56. The second-order valence-corrected chi connectivity index (χ2v) is 4.99. The minimum atomic E-state index is -0.376. The highest BCUT2D eigenvalue weighted by Crippen LogP contribution is 2.35. The SMILES string of the molecule is CN=C1NC(=O)C2(CSC(C)C2)N1. The molecule has 0 radical (unpaired) electrons. The maximum Gasteiger partial charge on any atom is 0.253 e. The third-order valence-corrected chi connectivity index (χ3v) is 3.89. The minimum Gasteiger partial charge on any atom is -0.341 e. The van der Waals surface area contributed by atoms with Crippen LogP contribution in [0, 0.1) is 0 Å². The van der Waals surface area contributed by atoms with Crippen molar-refractivity contribution in [2.75, 3.05) is 12.8 Å². The highest BCUT2D eigenvalue weighted by molar-refractivity contribution is 8.00. The Labute approximate surface area is 81.6 Å². The molecule has 1 amide bonds. The van der Waals surface area contributed by atoms with E-state index in [0.717, 1.165) is 12.2 Å². The van der Waals surface area contributed by atoms with E-state index in [1.165, 1.54) is 0 Å². The smallest absolute Gasteiger partial charge is 0.253 e. The van der Waals surface area contributed by atoms with Crippen LogP contribution >= 0.6 is 11.8 Å². The third-order valence-electron chi connectivity index (χ3n) is 2.50. The van der Waals surface area contributed by atoms with Crippen LogP contribution in [-0.2, 0) is 4.79 Å². The van der Waals surface area contributed by atoms with Gasteiger partial charge in [-0.05, 0) is 6.42 Å². The van der Waals surface area contributed by atoms with Gasteiger partial charge < -0.3 is 5.32 Å². The van der Waals surface area contributed by atoms with Gasteiger partial charge in [-0.1, -0.05) is 6.92 Å². The van der Waals surface area contributed by atoms with Crippen molar-refractivity contribution in [3.63, 3.8) is 0 Å². The molecule has 0 aromatic rings. The molecule has 2 aliphatic heterocycles. The maximum atomic E-state index is 11.6. The van der Waals surface area contributed by atoms with Crippen molar-refractivity contribution in [1.82, 2.24) is 10.6 Å². The summed E-state index contributed by atoms with van der Waals surface area (Å²) >= 11 is 1.83. The van der Waals surface area contributed by atoms with Gasteiger partial charge in [-0.3, -0.25) is 15.1 Å². The average molecular weight is 199 g/mol. The van der Waals surface area contributed by atoms with Crippen LogP contribution in [0.25, 0.3) is 0 Å². The molecule has 4 nitrogen and oxygen atoms in total. The van der Waals surface area contributed by atoms with E-state index >= 15 is 0 Å². The summed E-state index contributed by atoms with van der Waals surface area (Å²) < 4.78 is 0. The fraction of sp³-hybridized carbons (Fsp3) is 0.750. The molecule has 2 unspecified atom stereocenters. The standard InChI is InChI=1S/C8H13N3OS/c1-5-3-8(4-13-5)6(12)10-7(9-2)11-8/h5H,3-4H2,1-2H3,(H2,9,10,11,12). The van der Waals surface area contributed by atoms with Crippen LogP contribution in [0.4, 0.5) is 0 Å². The summed E-state index contributed by atoms with van der Waals surface area (Å²) in [6.45, 7) is 2.15. The predicted octanol–water partition coefficient (Wildman–Crippen LogP) is -0.0442. The zero-order valence-corrected chi connectivity index (χ0v) is 8.57. The number of thioether (sulfide) groups is 1. The van der Waals surface area contributed by atoms with E-state index in [1.807, 2.05) is 11.8 Å². The number of hydrogen-bond acceptors (Lipinski definition) is 3. The number of carbonyl (C=O) groups excluding carboxylic acids is 1. The molecule has 2 N–H and O–H groups in total. The predicted molar refractivity (Wildman–Crippen MR) is 53.9 cm³/mol. The van der Waals surface area contributed by atoms with E-state index in [1.54, 1.807) is 7.05 Å². The summed E-state index contributed by atoms with van der Waals surface area (Å²) in [5.74, 6) is 1.53. The number of carbonyl (C=O) groups is 1. The van der Waals surface area contributed by atoms with Gasteiger partial charge in [-0.25, -0.2) is 0 Å². The van der Waals surface area contributed by atoms with Crippen molar-refractivity contribution in [3.05, 3.63) is 0 Å². The molecule has 72 valence electrons. The molecule has 2 saturated heterocycles. The molecule has 2 heterocycles. The van der Waals surface area contributed by atoms with E-state index in [0.29, 0.717) is 11.2 Å². The van der Waals surface area contributed by atoms with Crippen LogP contribution in [0.1, 0.15) is 13.3 Å². The van der Waals surface area contributed by atoms with Crippen LogP contribution in [0.5, 0.6) is 0 Å². The van der Waals surface area contributed by atoms with E-state index in [-0.39, 0.29) is 11.4 Å². The molecule has 2 rings (SSSR count). The van der Waals surface area contributed by atoms with Crippen LogP contribution < -0.4 is 10.6 Å². The van der Waals surface area contributed by atoms with Crippen LogP contribution in [-0.4, -0.2) is 35.5 Å². The van der Waals surface area contributed by atoms with Crippen LogP contribution in [0.2, 0.25) is 0 Å². The van der Waals surface area contributed by atoms with Gasteiger partial charge in [-0.2, -0.15) is 11.8 Å². The van der Waals surface area contributed by atoms with Gasteiger partial charge in [0.15, 0.2) is 5.96 Å². The Morgan fingerprint density at radius 2 is 2.46 bits per heavy atom. The highest BCUT2D eigenvalue weighted by atomic mass is 32.2. The Bertz CT molecular complexity index is 279. The van der Waals surface area contributed by atoms with Crippen molar-refractivity contribution in [3.8, 4) is 0 Å².